The number of nitrogens with zero attached hydrogens (tertiary/aromatic N) is 1. The van der Waals surface area contributed by atoms with Crippen molar-refractivity contribution in [3.05, 3.63) is 36.0 Å². The molecule has 0 spiro atoms. The number of aromatic nitrogens is 1. The molecule has 1 amide bonds. The largest absolute Gasteiger partial charge is 0.453 e. The van der Waals surface area contributed by atoms with Crippen LogP contribution in [0.15, 0.2) is 30.5 Å². The van der Waals surface area contributed by atoms with Crippen molar-refractivity contribution in [3.8, 4) is 0 Å². The van der Waals surface area contributed by atoms with E-state index in [1.807, 2.05) is 17.0 Å². The van der Waals surface area contributed by atoms with Crippen LogP contribution in [-0.4, -0.2) is 35.7 Å². The highest BCUT2D eigenvalue weighted by Crippen LogP contribution is 2.25. The number of amides is 1. The van der Waals surface area contributed by atoms with Crippen LogP contribution >= 0.6 is 0 Å². The first kappa shape index (κ1) is 12.1. The summed E-state index contributed by atoms with van der Waals surface area (Å²) in [4.78, 5) is 16.8. The van der Waals surface area contributed by atoms with Crippen LogP contribution in [0.2, 0.25) is 0 Å². The molecule has 1 atom stereocenters. The Morgan fingerprint density at radius 1 is 1.47 bits per heavy atom. The van der Waals surface area contributed by atoms with Crippen LogP contribution in [0.3, 0.4) is 0 Å². The van der Waals surface area contributed by atoms with Crippen LogP contribution in [0.5, 0.6) is 0 Å². The van der Waals surface area contributed by atoms with Gasteiger partial charge in [0.15, 0.2) is 0 Å². The number of nitrogens with one attached hydrogen (secondary N) is 1. The molecule has 100 valence electrons. The highest BCUT2D eigenvalue weighted by molar-refractivity contribution is 5.83. The van der Waals surface area contributed by atoms with Crippen molar-refractivity contribution >= 4 is 17.0 Å². The molecule has 1 fully saturated rings. The Hall–Kier alpha value is -1.97. The molecule has 4 nitrogen and oxygen atoms in total. The molecule has 0 aliphatic carbocycles. The molecule has 1 aromatic carbocycles. The molecule has 1 aliphatic heterocycles. The summed E-state index contributed by atoms with van der Waals surface area (Å²) < 4.78 is 4.85. The predicted molar refractivity (Wildman–Crippen MR) is 74.1 cm³/mol. The maximum Gasteiger partial charge on any atom is 0.409 e. The lowest BCUT2D eigenvalue weighted by Gasteiger charge is -2.22. The number of hydrogen-bond acceptors (Lipinski definition) is 2. The lowest BCUT2D eigenvalue weighted by atomic mass is 10.0. The first-order valence-corrected chi connectivity index (χ1v) is 6.69. The molecule has 0 bridgehead atoms. The van der Waals surface area contributed by atoms with E-state index in [-0.39, 0.29) is 12.1 Å². The quantitative estimate of drug-likeness (QED) is 0.900. The van der Waals surface area contributed by atoms with Gasteiger partial charge in [-0.25, -0.2) is 4.79 Å². The van der Waals surface area contributed by atoms with Crippen LogP contribution in [-0.2, 0) is 11.2 Å². The van der Waals surface area contributed by atoms with E-state index in [0.29, 0.717) is 0 Å². The molecule has 19 heavy (non-hydrogen) atoms. The zero-order valence-electron chi connectivity index (χ0n) is 11.1. The van der Waals surface area contributed by atoms with Gasteiger partial charge in [-0.3, -0.25) is 0 Å². The molecule has 0 saturated carbocycles. The first-order valence-electron chi connectivity index (χ1n) is 6.69. The van der Waals surface area contributed by atoms with E-state index in [1.54, 1.807) is 0 Å². The lowest BCUT2D eigenvalue weighted by Crippen LogP contribution is -2.36. The summed E-state index contributed by atoms with van der Waals surface area (Å²) in [5, 5.41) is 1.25. The van der Waals surface area contributed by atoms with Crippen molar-refractivity contribution in [2.45, 2.75) is 25.3 Å². The monoisotopic (exact) mass is 258 g/mol. The van der Waals surface area contributed by atoms with Gasteiger partial charge in [-0.15, -0.1) is 0 Å². The van der Waals surface area contributed by atoms with Gasteiger partial charge in [-0.05, 0) is 30.9 Å². The van der Waals surface area contributed by atoms with Crippen molar-refractivity contribution in [1.29, 1.82) is 0 Å². The zero-order chi connectivity index (χ0) is 13.2. The fourth-order valence-corrected chi connectivity index (χ4v) is 2.96. The molecule has 3 rings (SSSR count). The maximum absolute atomic E-state index is 11.7. The van der Waals surface area contributed by atoms with Crippen molar-refractivity contribution < 1.29 is 9.53 Å². The Morgan fingerprint density at radius 3 is 3.16 bits per heavy atom. The number of para-hydroxylation sites is 1. The van der Waals surface area contributed by atoms with Crippen LogP contribution < -0.4 is 0 Å². The number of ether oxygens (including phenoxy) is 1. The fourth-order valence-electron chi connectivity index (χ4n) is 2.96. The van der Waals surface area contributed by atoms with E-state index in [2.05, 4.69) is 23.3 Å². The van der Waals surface area contributed by atoms with Gasteiger partial charge in [0.2, 0.25) is 0 Å². The first-order chi connectivity index (χ1) is 9.29. The molecule has 1 N–H and O–H groups in total. The molecular weight excluding hydrogens is 240 g/mol. The second-order valence-electron chi connectivity index (χ2n) is 5.02. The normalized spacial score (nSPS) is 19.0. The molecule has 2 heterocycles. The minimum Gasteiger partial charge on any atom is -0.453 e. The van der Waals surface area contributed by atoms with Gasteiger partial charge in [0.25, 0.3) is 0 Å². The molecule has 2 aromatic rings. The Balaban J connectivity index is 1.82. The van der Waals surface area contributed by atoms with Crippen molar-refractivity contribution in [2.75, 3.05) is 13.7 Å². The number of methoxy groups -OCH3 is 1. The minimum atomic E-state index is -0.206. The van der Waals surface area contributed by atoms with Crippen LogP contribution in [0.25, 0.3) is 10.9 Å². The number of H-pyrrole nitrogens is 1. The summed E-state index contributed by atoms with van der Waals surface area (Å²) in [7, 11) is 1.45. The van der Waals surface area contributed by atoms with Gasteiger partial charge in [0.05, 0.1) is 7.11 Å². The van der Waals surface area contributed by atoms with Crippen LogP contribution in [0.4, 0.5) is 4.79 Å². The minimum absolute atomic E-state index is 0.206. The number of likely N-dealkylation sites (tertiary alicyclic amines) is 1. The second-order valence-corrected chi connectivity index (χ2v) is 5.02. The second kappa shape index (κ2) is 4.96. The van der Waals surface area contributed by atoms with Gasteiger partial charge >= 0.3 is 6.09 Å². The van der Waals surface area contributed by atoms with E-state index in [9.17, 15) is 4.79 Å². The number of carbonyl (C=O) groups excluding carboxylic acids is 1. The van der Waals surface area contributed by atoms with Gasteiger partial charge in [0, 0.05) is 29.7 Å². The van der Waals surface area contributed by atoms with Crippen molar-refractivity contribution in [1.82, 2.24) is 9.88 Å². The smallest absolute Gasteiger partial charge is 0.409 e. The van der Waals surface area contributed by atoms with E-state index in [1.165, 1.54) is 18.1 Å². The zero-order valence-corrected chi connectivity index (χ0v) is 11.1. The fraction of sp³-hybridized carbons (Fsp3) is 0.400. The number of rotatable bonds is 2. The summed E-state index contributed by atoms with van der Waals surface area (Å²) in [6.07, 6.45) is 4.84. The molecular formula is C15H18N2O2. The number of fused-ring (bicyclic) bond motifs is 1. The van der Waals surface area contributed by atoms with E-state index >= 15 is 0 Å². The van der Waals surface area contributed by atoms with Gasteiger partial charge < -0.3 is 14.6 Å². The summed E-state index contributed by atoms with van der Waals surface area (Å²) in [6, 6.07) is 8.53. The van der Waals surface area contributed by atoms with E-state index in [0.717, 1.165) is 31.3 Å². The predicted octanol–water partition coefficient (Wildman–Crippen LogP) is 2.94. The van der Waals surface area contributed by atoms with E-state index in [4.69, 9.17) is 4.74 Å². The highest BCUT2D eigenvalue weighted by Gasteiger charge is 2.29. The molecule has 0 radical (unpaired) electrons. The standard InChI is InChI=1S/C15H18N2O2/c1-19-15(18)17-8-4-5-12(17)9-11-10-16-14-7-3-2-6-13(11)14/h2-3,6-7,10,12,16H,4-5,8-9H2,1H3. The summed E-state index contributed by atoms with van der Waals surface area (Å²) in [5.41, 5.74) is 2.43. The Bertz CT molecular complexity index is 591. The summed E-state index contributed by atoms with van der Waals surface area (Å²) in [6.45, 7) is 0.805. The molecule has 1 saturated heterocycles. The Kier molecular flexibility index (Phi) is 3.15. The maximum atomic E-state index is 11.7. The van der Waals surface area contributed by atoms with E-state index < -0.39 is 0 Å². The summed E-state index contributed by atoms with van der Waals surface area (Å²) >= 11 is 0. The molecule has 1 aromatic heterocycles. The van der Waals surface area contributed by atoms with Gasteiger partial charge in [0.1, 0.15) is 0 Å². The third-order valence-corrected chi connectivity index (χ3v) is 3.92. The molecule has 4 heteroatoms. The molecule has 1 unspecified atom stereocenters. The number of aromatic amines is 1. The molecule has 1 aliphatic rings. The average Bonchev–Trinajstić information content (AvgIpc) is 3.06. The van der Waals surface area contributed by atoms with Gasteiger partial charge in [-0.1, -0.05) is 18.2 Å². The number of carbonyl (C=O) groups is 1. The SMILES string of the molecule is COC(=O)N1CCCC1Cc1c[nH]c2ccccc12. The lowest BCUT2D eigenvalue weighted by molar-refractivity contribution is 0.119. The van der Waals surface area contributed by atoms with Crippen molar-refractivity contribution in [2.24, 2.45) is 0 Å². The van der Waals surface area contributed by atoms with Crippen molar-refractivity contribution in [3.63, 3.8) is 0 Å². The van der Waals surface area contributed by atoms with Crippen LogP contribution in [0, 0.1) is 0 Å². The number of benzene rings is 1. The number of hydrogen-bond donors (Lipinski definition) is 1. The highest BCUT2D eigenvalue weighted by atomic mass is 16.5. The Labute approximate surface area is 112 Å². The topological polar surface area (TPSA) is 45.3 Å². The third kappa shape index (κ3) is 2.18. The van der Waals surface area contributed by atoms with Gasteiger partial charge in [-0.2, -0.15) is 0 Å². The van der Waals surface area contributed by atoms with Crippen LogP contribution in [0.1, 0.15) is 18.4 Å². The summed E-state index contributed by atoms with van der Waals surface area (Å²) in [5.74, 6) is 0. The Morgan fingerprint density at radius 2 is 2.32 bits per heavy atom. The third-order valence-electron chi connectivity index (χ3n) is 3.92. The average molecular weight is 258 g/mol.